The van der Waals surface area contributed by atoms with Gasteiger partial charge in [-0.25, -0.2) is 4.98 Å². The number of amides is 2. The second kappa shape index (κ2) is 10.3. The summed E-state index contributed by atoms with van der Waals surface area (Å²) >= 11 is 1.33. The molecule has 1 aliphatic rings. The lowest BCUT2D eigenvalue weighted by molar-refractivity contribution is -0.117. The second-order valence-electron chi connectivity index (χ2n) is 8.40. The van der Waals surface area contributed by atoms with Crippen LogP contribution in [0.4, 0.5) is 17.2 Å². The van der Waals surface area contributed by atoms with Crippen LogP contribution in [0.5, 0.6) is 5.75 Å². The number of aliphatic hydroxyl groups excluding tert-OH is 1. The summed E-state index contributed by atoms with van der Waals surface area (Å²) in [6, 6.07) is 6.79. The minimum Gasteiger partial charge on any atom is -0.494 e. The van der Waals surface area contributed by atoms with Gasteiger partial charge < -0.3 is 25.8 Å². The number of hydrogen-bond acceptors (Lipinski definition) is 9. The Kier molecular flexibility index (Phi) is 7.37. The Balaban J connectivity index is 1.72. The molecule has 6 radical (unpaired) electrons. The van der Waals surface area contributed by atoms with Crippen molar-refractivity contribution in [3.05, 3.63) is 41.0 Å². The van der Waals surface area contributed by atoms with Crippen molar-refractivity contribution >= 4 is 63.9 Å². The fourth-order valence-corrected chi connectivity index (χ4v) is 4.19. The summed E-state index contributed by atoms with van der Waals surface area (Å²) in [5, 5.41) is 24.5. The van der Waals surface area contributed by atoms with Crippen molar-refractivity contribution in [2.45, 2.75) is 31.1 Å². The molecule has 3 aromatic rings. The summed E-state index contributed by atoms with van der Waals surface area (Å²) in [5.41, 5.74) is 1.17. The largest absolute Gasteiger partial charge is 0.494 e. The van der Waals surface area contributed by atoms with E-state index in [-0.39, 0.29) is 29.0 Å². The van der Waals surface area contributed by atoms with E-state index in [9.17, 15) is 14.7 Å². The molecule has 0 saturated heterocycles. The van der Waals surface area contributed by atoms with Crippen LogP contribution in [0.2, 0.25) is 0 Å². The van der Waals surface area contributed by atoms with Crippen molar-refractivity contribution in [3.8, 4) is 16.3 Å². The highest BCUT2D eigenvalue weighted by molar-refractivity contribution is 7.15. The van der Waals surface area contributed by atoms with Crippen LogP contribution in [-0.2, 0) is 4.79 Å². The predicted molar refractivity (Wildman–Crippen MR) is 139 cm³/mol. The zero-order valence-corrected chi connectivity index (χ0v) is 20.4. The van der Waals surface area contributed by atoms with E-state index in [0.717, 1.165) is 12.8 Å². The Morgan fingerprint density at radius 3 is 2.58 bits per heavy atom. The van der Waals surface area contributed by atoms with Crippen LogP contribution in [0, 0.1) is 5.92 Å². The molecule has 14 heteroatoms. The Bertz CT molecular complexity index is 1290. The lowest BCUT2D eigenvalue weighted by Crippen LogP contribution is -2.50. The van der Waals surface area contributed by atoms with E-state index in [4.69, 9.17) is 28.3 Å². The molecular weight excluding hydrogens is 477 g/mol. The molecule has 1 aliphatic carbocycles. The Morgan fingerprint density at radius 2 is 1.97 bits per heavy atom. The lowest BCUT2D eigenvalue weighted by Gasteiger charge is -2.23. The van der Waals surface area contributed by atoms with Crippen molar-refractivity contribution < 1.29 is 19.4 Å². The number of rotatable bonds is 9. The van der Waals surface area contributed by atoms with E-state index in [1.807, 2.05) is 6.07 Å². The van der Waals surface area contributed by atoms with Crippen LogP contribution in [0.1, 0.15) is 41.2 Å². The molecule has 2 heterocycles. The summed E-state index contributed by atoms with van der Waals surface area (Å²) in [4.78, 5) is 30.1. The minimum absolute atomic E-state index is 0.0554. The summed E-state index contributed by atoms with van der Waals surface area (Å²) < 4.78 is 5.66. The van der Waals surface area contributed by atoms with Crippen molar-refractivity contribution in [1.82, 2.24) is 20.5 Å². The van der Waals surface area contributed by atoms with Crippen molar-refractivity contribution in [1.29, 1.82) is 0 Å². The Hall–Kier alpha value is -3.38. The molecule has 0 bridgehead atoms. The van der Waals surface area contributed by atoms with Crippen molar-refractivity contribution in [3.63, 3.8) is 0 Å². The van der Waals surface area contributed by atoms with Gasteiger partial charge in [0.05, 0.1) is 58.6 Å². The van der Waals surface area contributed by atoms with Gasteiger partial charge in [0.25, 0.3) is 5.91 Å². The number of methoxy groups -OCH3 is 1. The van der Waals surface area contributed by atoms with Gasteiger partial charge in [-0.15, -0.1) is 21.5 Å². The Labute approximate surface area is 215 Å². The first-order valence-electron chi connectivity index (χ1n) is 11.0. The Morgan fingerprint density at radius 1 is 1.22 bits per heavy atom. The molecule has 10 nitrogen and oxygen atoms in total. The van der Waals surface area contributed by atoms with Crippen molar-refractivity contribution in [2.75, 3.05) is 17.7 Å². The molecule has 1 atom stereocenters. The number of carbonyl (C=O) groups excluding carboxylic acids is 2. The molecule has 0 aliphatic heterocycles. The molecule has 36 heavy (non-hydrogen) atoms. The highest BCUT2D eigenvalue weighted by Crippen LogP contribution is 2.40. The standard InChI is InChI=1S/C22H21B3N6O4S/c1-10(32)15-9-26-21(36-15)12-4-3-5-13(18(12)35-2)27-14-8-16(28-19(33)11-6-7-11)30-31-17(14)20(34)29-22(23,24)25/h3-5,8-11,32H,6-7H2,1-2H3,(H,29,34)(H2,27,28,30,33). The summed E-state index contributed by atoms with van der Waals surface area (Å²) in [6.45, 7) is 1.66. The van der Waals surface area contributed by atoms with E-state index < -0.39 is 17.2 Å². The fourth-order valence-electron chi connectivity index (χ4n) is 3.32. The maximum absolute atomic E-state index is 12.8. The van der Waals surface area contributed by atoms with Crippen LogP contribution in [-0.4, -0.2) is 68.0 Å². The van der Waals surface area contributed by atoms with Gasteiger partial charge in [0.15, 0.2) is 17.3 Å². The summed E-state index contributed by atoms with van der Waals surface area (Å²) in [7, 11) is 18.1. The SMILES string of the molecule is [B]C([B])([B])NC(=O)c1nnc(NC(=O)C2CC2)cc1Nc1cccc(-c2ncc(C(C)O)s2)c1OC. The molecule has 1 unspecified atom stereocenters. The van der Waals surface area contributed by atoms with Crippen LogP contribution in [0.25, 0.3) is 10.6 Å². The number of nitrogens with one attached hydrogen (secondary N) is 3. The van der Waals surface area contributed by atoms with E-state index in [1.165, 1.54) is 24.5 Å². The van der Waals surface area contributed by atoms with Gasteiger partial charge in [-0.2, -0.15) is 0 Å². The van der Waals surface area contributed by atoms with E-state index in [2.05, 4.69) is 31.1 Å². The molecule has 1 fully saturated rings. The number of aromatic nitrogens is 3. The summed E-state index contributed by atoms with van der Waals surface area (Å²) in [6.07, 6.45) is 2.58. The molecular formula is C22H21B3N6O4S. The normalized spacial score (nSPS) is 14.1. The number of carbonyl (C=O) groups is 2. The first kappa shape index (κ1) is 25.7. The number of benzene rings is 1. The van der Waals surface area contributed by atoms with Gasteiger partial charge in [-0.1, -0.05) is 11.3 Å². The topological polar surface area (TPSA) is 138 Å². The number of thiazole rings is 1. The number of anilines is 3. The number of aliphatic hydroxyl groups is 1. The van der Waals surface area contributed by atoms with E-state index in [1.54, 1.807) is 25.3 Å². The average Bonchev–Trinajstić information content (AvgIpc) is 3.54. The van der Waals surface area contributed by atoms with Gasteiger partial charge in [0.1, 0.15) is 5.01 Å². The zero-order chi connectivity index (χ0) is 26.0. The van der Waals surface area contributed by atoms with Crippen molar-refractivity contribution in [2.24, 2.45) is 5.92 Å². The molecule has 2 amide bonds. The van der Waals surface area contributed by atoms with Crippen LogP contribution in [0.15, 0.2) is 30.5 Å². The van der Waals surface area contributed by atoms with Gasteiger partial charge >= 0.3 is 0 Å². The number of ether oxygens (including phenoxy) is 1. The highest BCUT2D eigenvalue weighted by Gasteiger charge is 2.30. The predicted octanol–water partition coefficient (Wildman–Crippen LogP) is 1.60. The maximum atomic E-state index is 12.8. The molecule has 178 valence electrons. The maximum Gasteiger partial charge on any atom is 0.272 e. The third-order valence-electron chi connectivity index (χ3n) is 5.19. The van der Waals surface area contributed by atoms with E-state index >= 15 is 0 Å². The van der Waals surface area contributed by atoms with Crippen LogP contribution in [0.3, 0.4) is 0 Å². The minimum atomic E-state index is -1.99. The molecule has 1 saturated carbocycles. The van der Waals surface area contributed by atoms with Crippen LogP contribution < -0.4 is 20.7 Å². The second-order valence-corrected chi connectivity index (χ2v) is 9.46. The van der Waals surface area contributed by atoms with Gasteiger partial charge in [0.2, 0.25) is 5.91 Å². The number of nitrogens with zero attached hydrogens (tertiary/aromatic N) is 3. The molecule has 4 rings (SSSR count). The third kappa shape index (κ3) is 6.05. The zero-order valence-electron chi connectivity index (χ0n) is 19.6. The number of para-hydroxylation sites is 1. The van der Waals surface area contributed by atoms with Gasteiger partial charge in [0, 0.05) is 18.2 Å². The fraction of sp³-hybridized carbons (Fsp3) is 0.318. The third-order valence-corrected chi connectivity index (χ3v) is 6.39. The first-order valence-corrected chi connectivity index (χ1v) is 11.8. The first-order chi connectivity index (χ1) is 17.1. The molecule has 0 spiro atoms. The van der Waals surface area contributed by atoms with Gasteiger partial charge in [-0.3, -0.25) is 9.59 Å². The monoisotopic (exact) mass is 498 g/mol. The smallest absolute Gasteiger partial charge is 0.272 e. The molecule has 1 aromatic carbocycles. The van der Waals surface area contributed by atoms with Crippen LogP contribution >= 0.6 is 11.3 Å². The molecule has 4 N–H and O–H groups in total. The average molecular weight is 498 g/mol. The lowest BCUT2D eigenvalue weighted by atomic mass is 9.49. The van der Waals surface area contributed by atoms with Gasteiger partial charge in [-0.05, 0) is 31.9 Å². The quantitative estimate of drug-likeness (QED) is 0.327. The highest BCUT2D eigenvalue weighted by atomic mass is 32.1. The van der Waals surface area contributed by atoms with E-state index in [0.29, 0.717) is 26.9 Å². The summed E-state index contributed by atoms with van der Waals surface area (Å²) in [5.74, 6) is -0.424. The number of hydrogen-bond donors (Lipinski definition) is 4. The molecule has 2 aromatic heterocycles.